The van der Waals surface area contributed by atoms with Crippen LogP contribution in [0.1, 0.15) is 54.7 Å². The summed E-state index contributed by atoms with van der Waals surface area (Å²) in [5, 5.41) is 16.7. The molecule has 0 unspecified atom stereocenters. The van der Waals surface area contributed by atoms with E-state index < -0.39 is 5.97 Å². The molecule has 1 saturated carbocycles. The Hall–Kier alpha value is -1.43. The first-order valence-electron chi connectivity index (χ1n) is 6.87. The minimum atomic E-state index is -1.05. The molecular weight excluding hydrogens is 246 g/mol. The highest BCUT2D eigenvalue weighted by atomic mass is 16.5. The van der Waals surface area contributed by atoms with Crippen LogP contribution in [0.15, 0.2) is 0 Å². The second-order valence-electron chi connectivity index (χ2n) is 5.14. The van der Waals surface area contributed by atoms with E-state index in [1.807, 2.05) is 0 Å². The summed E-state index contributed by atoms with van der Waals surface area (Å²) in [4.78, 5) is 11.0. The Morgan fingerprint density at radius 2 is 2.16 bits per heavy atom. The van der Waals surface area contributed by atoms with Gasteiger partial charge in [-0.25, -0.2) is 9.48 Å². The summed E-state index contributed by atoms with van der Waals surface area (Å²) in [7, 11) is 1.55. The smallest absolute Gasteiger partial charge is 0.358 e. The van der Waals surface area contributed by atoms with Gasteiger partial charge in [0.25, 0.3) is 0 Å². The molecule has 6 heteroatoms. The molecule has 0 spiro atoms. The van der Waals surface area contributed by atoms with E-state index in [1.54, 1.807) is 11.8 Å². The Kier molecular flexibility index (Phi) is 4.90. The van der Waals surface area contributed by atoms with Gasteiger partial charge in [0, 0.05) is 13.7 Å². The first-order chi connectivity index (χ1) is 9.22. The van der Waals surface area contributed by atoms with Crippen molar-refractivity contribution in [3.05, 3.63) is 11.4 Å². The first-order valence-corrected chi connectivity index (χ1v) is 6.87. The van der Waals surface area contributed by atoms with Crippen molar-refractivity contribution in [3.8, 4) is 0 Å². The van der Waals surface area contributed by atoms with Crippen LogP contribution in [0.5, 0.6) is 0 Å². The highest BCUT2D eigenvalue weighted by molar-refractivity contribution is 5.86. The van der Waals surface area contributed by atoms with E-state index in [4.69, 9.17) is 9.84 Å². The summed E-state index contributed by atoms with van der Waals surface area (Å²) in [6.45, 7) is 0.961. The standard InChI is InChI=1S/C13H21N3O3/c1-19-9-11-12(13(17)18)14-15-16(11)8-7-10-5-3-2-4-6-10/h10H,2-9H2,1H3,(H,17,18). The molecule has 6 nitrogen and oxygen atoms in total. The average Bonchev–Trinajstić information content (AvgIpc) is 2.81. The number of methoxy groups -OCH3 is 1. The van der Waals surface area contributed by atoms with E-state index in [0.717, 1.165) is 18.9 Å². The second-order valence-corrected chi connectivity index (χ2v) is 5.14. The number of carboxylic acids is 1. The van der Waals surface area contributed by atoms with Crippen LogP contribution in [-0.4, -0.2) is 33.2 Å². The van der Waals surface area contributed by atoms with Gasteiger partial charge in [-0.2, -0.15) is 0 Å². The number of ether oxygens (including phenoxy) is 1. The van der Waals surface area contributed by atoms with Crippen molar-refractivity contribution in [1.82, 2.24) is 15.0 Å². The predicted molar refractivity (Wildman–Crippen MR) is 68.9 cm³/mol. The minimum Gasteiger partial charge on any atom is -0.476 e. The van der Waals surface area contributed by atoms with E-state index in [0.29, 0.717) is 5.69 Å². The predicted octanol–water partition coefficient (Wildman–Crippen LogP) is 2.09. The average molecular weight is 267 g/mol. The molecule has 1 aromatic rings. The number of hydrogen-bond donors (Lipinski definition) is 1. The zero-order valence-electron chi connectivity index (χ0n) is 11.3. The fraction of sp³-hybridized carbons (Fsp3) is 0.769. The number of carboxylic acid groups (broad SMARTS) is 1. The number of rotatable bonds is 6. The minimum absolute atomic E-state index is 0.00509. The van der Waals surface area contributed by atoms with Crippen LogP contribution in [0, 0.1) is 5.92 Å². The Balaban J connectivity index is 2.00. The van der Waals surface area contributed by atoms with Crippen molar-refractivity contribution in [2.24, 2.45) is 5.92 Å². The molecule has 1 N–H and O–H groups in total. The molecule has 1 aliphatic rings. The van der Waals surface area contributed by atoms with Crippen LogP contribution < -0.4 is 0 Å². The zero-order chi connectivity index (χ0) is 13.7. The quantitative estimate of drug-likeness (QED) is 0.854. The normalized spacial score (nSPS) is 16.7. The lowest BCUT2D eigenvalue weighted by molar-refractivity contribution is 0.0684. The molecule has 1 heterocycles. The molecule has 0 aliphatic heterocycles. The largest absolute Gasteiger partial charge is 0.476 e. The van der Waals surface area contributed by atoms with Crippen LogP contribution >= 0.6 is 0 Å². The molecule has 0 saturated heterocycles. The summed E-state index contributed by atoms with van der Waals surface area (Å²) >= 11 is 0. The van der Waals surface area contributed by atoms with Gasteiger partial charge in [-0.3, -0.25) is 0 Å². The Labute approximate surface area is 112 Å². The molecule has 19 heavy (non-hydrogen) atoms. The lowest BCUT2D eigenvalue weighted by atomic mass is 9.87. The van der Waals surface area contributed by atoms with Gasteiger partial charge in [0.05, 0.1) is 12.3 Å². The van der Waals surface area contributed by atoms with E-state index in [9.17, 15) is 4.79 Å². The van der Waals surface area contributed by atoms with Crippen molar-refractivity contribution in [1.29, 1.82) is 0 Å². The molecule has 106 valence electrons. The summed E-state index contributed by atoms with van der Waals surface area (Å²) in [5.74, 6) is -0.308. The third-order valence-corrected chi connectivity index (χ3v) is 3.80. The maximum Gasteiger partial charge on any atom is 0.358 e. The molecule has 1 fully saturated rings. The third-order valence-electron chi connectivity index (χ3n) is 3.80. The molecule has 0 radical (unpaired) electrons. The lowest BCUT2D eigenvalue weighted by Crippen LogP contribution is -2.14. The van der Waals surface area contributed by atoms with Crippen molar-refractivity contribution in [3.63, 3.8) is 0 Å². The van der Waals surface area contributed by atoms with Crippen molar-refractivity contribution in [2.75, 3.05) is 7.11 Å². The van der Waals surface area contributed by atoms with Gasteiger partial charge < -0.3 is 9.84 Å². The number of hydrogen-bond acceptors (Lipinski definition) is 4. The fourth-order valence-electron chi connectivity index (χ4n) is 2.74. The molecule has 0 atom stereocenters. The van der Waals surface area contributed by atoms with Gasteiger partial charge in [0.15, 0.2) is 5.69 Å². The maximum absolute atomic E-state index is 11.0. The van der Waals surface area contributed by atoms with Gasteiger partial charge in [-0.05, 0) is 12.3 Å². The summed E-state index contributed by atoms with van der Waals surface area (Å²) in [5.41, 5.74) is 0.566. The monoisotopic (exact) mass is 267 g/mol. The van der Waals surface area contributed by atoms with Crippen molar-refractivity contribution >= 4 is 5.97 Å². The number of aryl methyl sites for hydroxylation is 1. The van der Waals surface area contributed by atoms with Crippen LogP contribution in [0.3, 0.4) is 0 Å². The summed E-state index contributed by atoms with van der Waals surface area (Å²) < 4.78 is 6.73. The third kappa shape index (κ3) is 3.53. The van der Waals surface area contributed by atoms with Gasteiger partial charge in [-0.1, -0.05) is 37.3 Å². The van der Waals surface area contributed by atoms with Gasteiger partial charge in [-0.15, -0.1) is 5.10 Å². The SMILES string of the molecule is COCc1c(C(=O)O)nnn1CCC1CCCCC1. The highest BCUT2D eigenvalue weighted by Gasteiger charge is 2.20. The highest BCUT2D eigenvalue weighted by Crippen LogP contribution is 2.26. The van der Waals surface area contributed by atoms with E-state index in [2.05, 4.69) is 10.3 Å². The fourth-order valence-corrected chi connectivity index (χ4v) is 2.74. The molecule has 2 rings (SSSR count). The van der Waals surface area contributed by atoms with E-state index in [1.165, 1.54) is 32.1 Å². The molecule has 0 bridgehead atoms. The van der Waals surface area contributed by atoms with Gasteiger partial charge in [0.2, 0.25) is 0 Å². The number of aromatic carboxylic acids is 1. The van der Waals surface area contributed by atoms with Crippen molar-refractivity contribution < 1.29 is 14.6 Å². The van der Waals surface area contributed by atoms with E-state index >= 15 is 0 Å². The zero-order valence-corrected chi connectivity index (χ0v) is 11.3. The molecule has 0 amide bonds. The van der Waals surface area contributed by atoms with Crippen molar-refractivity contribution in [2.45, 2.75) is 51.7 Å². The topological polar surface area (TPSA) is 77.2 Å². The van der Waals surface area contributed by atoms with Crippen LogP contribution in [0.4, 0.5) is 0 Å². The Morgan fingerprint density at radius 1 is 1.42 bits per heavy atom. The van der Waals surface area contributed by atoms with Gasteiger partial charge >= 0.3 is 5.97 Å². The molecular formula is C13H21N3O3. The number of aromatic nitrogens is 3. The lowest BCUT2D eigenvalue weighted by Gasteiger charge is -2.21. The van der Waals surface area contributed by atoms with Crippen LogP contribution in [0.2, 0.25) is 0 Å². The second kappa shape index (κ2) is 6.65. The molecule has 1 aromatic heterocycles. The molecule has 0 aromatic carbocycles. The molecule has 1 aliphatic carbocycles. The van der Waals surface area contributed by atoms with Crippen LogP contribution in [-0.2, 0) is 17.9 Å². The van der Waals surface area contributed by atoms with E-state index in [-0.39, 0.29) is 12.3 Å². The Morgan fingerprint density at radius 3 is 2.79 bits per heavy atom. The maximum atomic E-state index is 11.0. The Bertz CT molecular complexity index is 425. The summed E-state index contributed by atoms with van der Waals surface area (Å²) in [6, 6.07) is 0. The van der Waals surface area contributed by atoms with Crippen LogP contribution in [0.25, 0.3) is 0 Å². The first kappa shape index (κ1) is 14.0. The number of nitrogens with zero attached hydrogens (tertiary/aromatic N) is 3. The summed E-state index contributed by atoms with van der Waals surface area (Å²) in [6.07, 6.45) is 7.57. The number of carbonyl (C=O) groups is 1. The van der Waals surface area contributed by atoms with Gasteiger partial charge in [0.1, 0.15) is 0 Å².